The van der Waals surface area contributed by atoms with Crippen molar-refractivity contribution >= 4 is 0 Å². The fourth-order valence-electron chi connectivity index (χ4n) is 3.09. The first-order valence-corrected chi connectivity index (χ1v) is 8.87. The highest BCUT2D eigenvalue weighted by Gasteiger charge is 2.50. The van der Waals surface area contributed by atoms with Crippen molar-refractivity contribution in [1.82, 2.24) is 10.6 Å². The van der Waals surface area contributed by atoms with Gasteiger partial charge >= 0.3 is 12.4 Å². The summed E-state index contributed by atoms with van der Waals surface area (Å²) in [5.41, 5.74) is -1.14. The highest BCUT2D eigenvalue weighted by atomic mass is 19.4. The van der Waals surface area contributed by atoms with Crippen LogP contribution in [0.15, 0.2) is 23.3 Å². The quantitative estimate of drug-likeness (QED) is 0.439. The molecule has 1 aliphatic rings. The minimum absolute atomic E-state index is 0.155. The molecule has 0 spiro atoms. The highest BCUT2D eigenvalue weighted by molar-refractivity contribution is 5.15. The van der Waals surface area contributed by atoms with E-state index < -0.39 is 17.9 Å². The predicted molar refractivity (Wildman–Crippen MR) is 90.9 cm³/mol. The molecule has 0 aromatic carbocycles. The van der Waals surface area contributed by atoms with Crippen molar-refractivity contribution in [3.05, 3.63) is 23.3 Å². The third kappa shape index (κ3) is 8.58. The molecular formula is C18H28F6N2. The van der Waals surface area contributed by atoms with Gasteiger partial charge in [0.15, 0.2) is 0 Å². The summed E-state index contributed by atoms with van der Waals surface area (Å²) in [5.74, 6) is 0. The van der Waals surface area contributed by atoms with E-state index in [4.69, 9.17) is 0 Å². The lowest BCUT2D eigenvalue weighted by atomic mass is 10.0. The maximum Gasteiger partial charge on any atom is 0.420 e. The fraction of sp³-hybridized carbons (Fsp3) is 0.778. The van der Waals surface area contributed by atoms with Gasteiger partial charge in [0.05, 0.1) is 0 Å². The molecule has 1 saturated heterocycles. The van der Waals surface area contributed by atoms with Crippen molar-refractivity contribution in [2.75, 3.05) is 6.54 Å². The Hall–Kier alpha value is -1.02. The second kappa shape index (κ2) is 9.78. The van der Waals surface area contributed by atoms with Crippen LogP contribution in [0.25, 0.3) is 0 Å². The molecule has 1 fully saturated rings. The zero-order chi connectivity index (χ0) is 20.0. The molecule has 0 aliphatic carbocycles. The minimum Gasteiger partial charge on any atom is -0.312 e. The largest absolute Gasteiger partial charge is 0.420 e. The van der Waals surface area contributed by atoms with Gasteiger partial charge < -0.3 is 10.6 Å². The second-order valence-corrected chi connectivity index (χ2v) is 7.16. The smallest absolute Gasteiger partial charge is 0.312 e. The Labute approximate surface area is 151 Å². The van der Waals surface area contributed by atoms with E-state index in [2.05, 4.69) is 16.7 Å². The molecule has 3 unspecified atom stereocenters. The number of hydrogen-bond donors (Lipinski definition) is 2. The van der Waals surface area contributed by atoms with Crippen molar-refractivity contribution < 1.29 is 26.3 Å². The van der Waals surface area contributed by atoms with Crippen molar-refractivity contribution in [3.8, 4) is 0 Å². The zero-order valence-corrected chi connectivity index (χ0v) is 15.4. The van der Waals surface area contributed by atoms with E-state index in [9.17, 15) is 26.3 Å². The lowest BCUT2D eigenvalue weighted by Gasteiger charge is -2.19. The normalized spacial score (nSPS) is 22.2. The summed E-state index contributed by atoms with van der Waals surface area (Å²) in [6, 6.07) is 0.421. The topological polar surface area (TPSA) is 24.1 Å². The number of rotatable bonds is 8. The van der Waals surface area contributed by atoms with Crippen LogP contribution in [-0.4, -0.2) is 37.0 Å². The second-order valence-electron chi connectivity index (χ2n) is 7.16. The van der Waals surface area contributed by atoms with E-state index in [1.165, 1.54) is 5.57 Å². The average Bonchev–Trinajstić information content (AvgIpc) is 2.87. The molecular weight excluding hydrogens is 358 g/mol. The van der Waals surface area contributed by atoms with Crippen LogP contribution in [0.1, 0.15) is 52.9 Å². The van der Waals surface area contributed by atoms with Gasteiger partial charge in [-0.3, -0.25) is 0 Å². The zero-order valence-electron chi connectivity index (χ0n) is 15.4. The molecule has 0 aromatic rings. The van der Waals surface area contributed by atoms with Gasteiger partial charge in [-0.1, -0.05) is 17.7 Å². The van der Waals surface area contributed by atoms with E-state index in [0.717, 1.165) is 25.8 Å². The summed E-state index contributed by atoms with van der Waals surface area (Å²) in [6.07, 6.45) is -5.45. The third-order valence-corrected chi connectivity index (χ3v) is 4.37. The monoisotopic (exact) mass is 386 g/mol. The van der Waals surface area contributed by atoms with Crippen LogP contribution >= 0.6 is 0 Å². The first-order valence-electron chi connectivity index (χ1n) is 8.87. The molecule has 152 valence electrons. The molecule has 0 aromatic heterocycles. The van der Waals surface area contributed by atoms with Gasteiger partial charge in [0.25, 0.3) is 0 Å². The van der Waals surface area contributed by atoms with Crippen LogP contribution in [-0.2, 0) is 0 Å². The van der Waals surface area contributed by atoms with E-state index in [-0.39, 0.29) is 31.0 Å². The van der Waals surface area contributed by atoms with E-state index >= 15 is 0 Å². The van der Waals surface area contributed by atoms with Crippen LogP contribution in [0.5, 0.6) is 0 Å². The summed E-state index contributed by atoms with van der Waals surface area (Å²) in [4.78, 5) is 0. The average molecular weight is 386 g/mol. The van der Waals surface area contributed by atoms with Crippen LogP contribution in [0.2, 0.25) is 0 Å². The molecule has 8 heteroatoms. The molecule has 0 radical (unpaired) electrons. The van der Waals surface area contributed by atoms with E-state index in [1.54, 1.807) is 6.92 Å². The molecule has 0 amide bonds. The van der Waals surface area contributed by atoms with Crippen molar-refractivity contribution in [2.24, 2.45) is 0 Å². The van der Waals surface area contributed by atoms with Crippen LogP contribution < -0.4 is 10.6 Å². The van der Waals surface area contributed by atoms with Gasteiger partial charge in [0.1, 0.15) is 5.57 Å². The van der Waals surface area contributed by atoms with Gasteiger partial charge in [-0.15, -0.1) is 0 Å². The van der Waals surface area contributed by atoms with Crippen LogP contribution in [0.4, 0.5) is 26.3 Å². The van der Waals surface area contributed by atoms with Gasteiger partial charge in [-0.2, -0.15) is 26.3 Å². The van der Waals surface area contributed by atoms with E-state index in [0.29, 0.717) is 6.04 Å². The Balaban J connectivity index is 2.40. The standard InChI is InChI=1S/C18H28F6N2/c1-12(2)6-4-8-14-10-15(11-25-14)26-13(3)7-5-9-16(17(19,20)21)18(22,23)24/h6,9,13-15,25-26H,4-5,7-8,10-11H2,1-3H3. The summed E-state index contributed by atoms with van der Waals surface area (Å²) in [7, 11) is 0. The highest BCUT2D eigenvalue weighted by Crippen LogP contribution is 2.38. The molecule has 1 rings (SSSR count). The SMILES string of the molecule is CC(C)=CCCC1CC(NC(C)CCC=C(C(F)(F)F)C(F)(F)F)CN1. The van der Waals surface area contributed by atoms with Gasteiger partial charge in [-0.05, 0) is 52.9 Å². The lowest BCUT2D eigenvalue weighted by Crippen LogP contribution is -2.37. The van der Waals surface area contributed by atoms with Gasteiger partial charge in [-0.25, -0.2) is 0 Å². The van der Waals surface area contributed by atoms with Gasteiger partial charge in [0.2, 0.25) is 0 Å². The Morgan fingerprint density at radius 1 is 1.08 bits per heavy atom. The predicted octanol–water partition coefficient (Wildman–Crippen LogP) is 5.27. The number of alkyl halides is 6. The lowest BCUT2D eigenvalue weighted by molar-refractivity contribution is -0.172. The van der Waals surface area contributed by atoms with E-state index in [1.807, 2.05) is 13.8 Å². The maximum atomic E-state index is 12.4. The summed E-state index contributed by atoms with van der Waals surface area (Å²) >= 11 is 0. The van der Waals surface area contributed by atoms with Crippen molar-refractivity contribution in [2.45, 2.75) is 83.4 Å². The Morgan fingerprint density at radius 2 is 1.69 bits per heavy atom. The summed E-state index contributed by atoms with van der Waals surface area (Å²) < 4.78 is 74.7. The Kier molecular flexibility index (Phi) is 8.66. The molecule has 1 heterocycles. The van der Waals surface area contributed by atoms with Crippen molar-refractivity contribution in [3.63, 3.8) is 0 Å². The van der Waals surface area contributed by atoms with Crippen molar-refractivity contribution in [1.29, 1.82) is 0 Å². The Morgan fingerprint density at radius 3 is 2.23 bits per heavy atom. The Bertz CT molecular complexity index is 473. The molecule has 0 saturated carbocycles. The first-order chi connectivity index (χ1) is 11.9. The van der Waals surface area contributed by atoms with Crippen LogP contribution in [0.3, 0.4) is 0 Å². The number of hydrogen-bond acceptors (Lipinski definition) is 2. The van der Waals surface area contributed by atoms with Crippen LogP contribution in [0, 0.1) is 0 Å². The molecule has 2 N–H and O–H groups in total. The summed E-state index contributed by atoms with van der Waals surface area (Å²) in [6.45, 7) is 6.64. The van der Waals surface area contributed by atoms with Gasteiger partial charge in [0, 0.05) is 24.7 Å². The minimum atomic E-state index is -5.37. The number of nitrogens with one attached hydrogen (secondary N) is 2. The number of allylic oxidation sites excluding steroid dienone is 4. The molecule has 3 atom stereocenters. The molecule has 2 nitrogen and oxygen atoms in total. The number of halogens is 6. The summed E-state index contributed by atoms with van der Waals surface area (Å²) in [5, 5.41) is 6.69. The molecule has 0 bridgehead atoms. The first kappa shape index (κ1) is 23.0. The maximum absolute atomic E-state index is 12.4. The molecule has 1 aliphatic heterocycles. The fourth-order valence-corrected chi connectivity index (χ4v) is 3.09. The molecule has 26 heavy (non-hydrogen) atoms. The third-order valence-electron chi connectivity index (χ3n) is 4.37.